The lowest BCUT2D eigenvalue weighted by Gasteiger charge is -2.23. The molecular formula is C14H17BrN2O4S. The zero-order valence-corrected chi connectivity index (χ0v) is 14.5. The standard InChI is InChI=1S/C14H17BrN2O4S/c1-17(12-6-7-22(20,21)9-12)14(19)8-13(18)16-11-4-2-10(15)3-5-11/h2-5,12H,6-9H2,1H3,(H,16,18). The summed E-state index contributed by atoms with van der Waals surface area (Å²) in [4.78, 5) is 25.3. The minimum absolute atomic E-state index is 0.0242. The van der Waals surface area contributed by atoms with E-state index in [1.165, 1.54) is 4.90 Å². The van der Waals surface area contributed by atoms with Gasteiger partial charge in [-0.1, -0.05) is 15.9 Å². The molecule has 0 saturated carbocycles. The second-order valence-electron chi connectivity index (χ2n) is 5.29. The molecule has 8 heteroatoms. The Hall–Kier alpha value is -1.41. The van der Waals surface area contributed by atoms with Gasteiger partial charge >= 0.3 is 0 Å². The van der Waals surface area contributed by atoms with E-state index in [4.69, 9.17) is 0 Å². The Morgan fingerprint density at radius 3 is 2.50 bits per heavy atom. The fourth-order valence-corrected chi connectivity index (χ4v) is 4.32. The highest BCUT2D eigenvalue weighted by Gasteiger charge is 2.33. The molecule has 1 N–H and O–H groups in total. The maximum atomic E-state index is 12.1. The molecule has 1 atom stereocenters. The first-order valence-corrected chi connectivity index (χ1v) is 9.40. The third-order valence-electron chi connectivity index (χ3n) is 3.59. The predicted octanol–water partition coefficient (Wildman–Crippen LogP) is 1.42. The largest absolute Gasteiger partial charge is 0.341 e. The summed E-state index contributed by atoms with van der Waals surface area (Å²) in [5.41, 5.74) is 0.604. The molecule has 1 heterocycles. The van der Waals surface area contributed by atoms with E-state index in [0.29, 0.717) is 12.1 Å². The summed E-state index contributed by atoms with van der Waals surface area (Å²) >= 11 is 3.30. The molecule has 1 aromatic rings. The lowest BCUT2D eigenvalue weighted by atomic mass is 10.2. The van der Waals surface area contributed by atoms with Crippen molar-refractivity contribution >= 4 is 43.3 Å². The quantitative estimate of drug-likeness (QED) is 0.790. The van der Waals surface area contributed by atoms with E-state index in [1.54, 1.807) is 31.3 Å². The number of benzene rings is 1. The van der Waals surface area contributed by atoms with Crippen LogP contribution in [0.2, 0.25) is 0 Å². The number of sulfone groups is 1. The number of nitrogens with zero attached hydrogens (tertiary/aromatic N) is 1. The highest BCUT2D eigenvalue weighted by molar-refractivity contribution is 9.10. The average molecular weight is 389 g/mol. The minimum Gasteiger partial charge on any atom is -0.341 e. The fraction of sp³-hybridized carbons (Fsp3) is 0.429. The molecule has 120 valence electrons. The van der Waals surface area contributed by atoms with Crippen LogP contribution in [0.25, 0.3) is 0 Å². The zero-order valence-electron chi connectivity index (χ0n) is 12.1. The van der Waals surface area contributed by atoms with Gasteiger partial charge in [-0.3, -0.25) is 9.59 Å². The van der Waals surface area contributed by atoms with Gasteiger partial charge < -0.3 is 10.2 Å². The molecule has 1 aliphatic heterocycles. The average Bonchev–Trinajstić information content (AvgIpc) is 2.80. The summed E-state index contributed by atoms with van der Waals surface area (Å²) in [7, 11) is -1.51. The van der Waals surface area contributed by atoms with Gasteiger partial charge in [0.1, 0.15) is 6.42 Å². The topological polar surface area (TPSA) is 83.6 Å². The lowest BCUT2D eigenvalue weighted by molar-refractivity contribution is -0.134. The maximum Gasteiger partial charge on any atom is 0.233 e. The van der Waals surface area contributed by atoms with Crippen molar-refractivity contribution < 1.29 is 18.0 Å². The van der Waals surface area contributed by atoms with E-state index in [2.05, 4.69) is 21.2 Å². The van der Waals surface area contributed by atoms with Crippen LogP contribution in [-0.2, 0) is 19.4 Å². The minimum atomic E-state index is -3.05. The van der Waals surface area contributed by atoms with Crippen LogP contribution in [0, 0.1) is 0 Å². The summed E-state index contributed by atoms with van der Waals surface area (Å²) in [5, 5.41) is 2.64. The zero-order chi connectivity index (χ0) is 16.3. The molecule has 1 fully saturated rings. The highest BCUT2D eigenvalue weighted by Crippen LogP contribution is 2.18. The van der Waals surface area contributed by atoms with E-state index >= 15 is 0 Å². The first kappa shape index (κ1) is 17.0. The number of nitrogens with one attached hydrogen (secondary N) is 1. The van der Waals surface area contributed by atoms with Gasteiger partial charge in [-0.05, 0) is 30.7 Å². The molecule has 1 aromatic carbocycles. The number of amides is 2. The molecule has 22 heavy (non-hydrogen) atoms. The van der Waals surface area contributed by atoms with Gasteiger partial charge in [0.05, 0.1) is 11.5 Å². The fourth-order valence-electron chi connectivity index (χ4n) is 2.28. The second kappa shape index (κ2) is 6.78. The van der Waals surface area contributed by atoms with Crippen LogP contribution in [0.1, 0.15) is 12.8 Å². The van der Waals surface area contributed by atoms with Gasteiger partial charge in [0, 0.05) is 23.2 Å². The van der Waals surface area contributed by atoms with Gasteiger partial charge in [-0.15, -0.1) is 0 Å². The number of carbonyl (C=O) groups excluding carboxylic acids is 2. The van der Waals surface area contributed by atoms with Crippen molar-refractivity contribution in [3.05, 3.63) is 28.7 Å². The number of rotatable bonds is 4. The van der Waals surface area contributed by atoms with Crippen molar-refractivity contribution in [3.8, 4) is 0 Å². The summed E-state index contributed by atoms with van der Waals surface area (Å²) in [5.74, 6) is -0.721. The van der Waals surface area contributed by atoms with Crippen LogP contribution in [-0.4, -0.2) is 49.7 Å². The summed E-state index contributed by atoms with van der Waals surface area (Å²) < 4.78 is 23.8. The van der Waals surface area contributed by atoms with Crippen molar-refractivity contribution in [3.63, 3.8) is 0 Å². The van der Waals surface area contributed by atoms with E-state index in [0.717, 1.165) is 4.47 Å². The Balaban J connectivity index is 1.88. The number of halogens is 1. The molecule has 0 aromatic heterocycles. The first-order chi connectivity index (χ1) is 10.3. The molecule has 1 aliphatic rings. The lowest BCUT2D eigenvalue weighted by Crippen LogP contribution is -2.39. The normalized spacial score (nSPS) is 19.6. The Morgan fingerprint density at radius 2 is 1.95 bits per heavy atom. The Kier molecular flexibility index (Phi) is 5.23. The Bertz CT molecular complexity index is 673. The maximum absolute atomic E-state index is 12.1. The van der Waals surface area contributed by atoms with E-state index in [1.807, 2.05) is 0 Å². The van der Waals surface area contributed by atoms with Crippen molar-refractivity contribution in [1.82, 2.24) is 4.90 Å². The summed E-state index contributed by atoms with van der Waals surface area (Å²) in [6.45, 7) is 0. The molecule has 2 rings (SSSR count). The third-order valence-corrected chi connectivity index (χ3v) is 5.87. The molecule has 0 spiro atoms. The van der Waals surface area contributed by atoms with Gasteiger partial charge in [-0.2, -0.15) is 0 Å². The first-order valence-electron chi connectivity index (χ1n) is 6.78. The Labute approximate surface area is 137 Å². The van der Waals surface area contributed by atoms with Crippen molar-refractivity contribution in [2.24, 2.45) is 0 Å². The monoisotopic (exact) mass is 388 g/mol. The molecule has 0 bridgehead atoms. The van der Waals surface area contributed by atoms with Gasteiger partial charge in [0.2, 0.25) is 11.8 Å². The molecular weight excluding hydrogens is 372 g/mol. The molecule has 0 radical (unpaired) electrons. The van der Waals surface area contributed by atoms with Crippen molar-refractivity contribution in [1.29, 1.82) is 0 Å². The number of hydrogen-bond acceptors (Lipinski definition) is 4. The number of hydrogen-bond donors (Lipinski definition) is 1. The van der Waals surface area contributed by atoms with Crippen LogP contribution in [0.4, 0.5) is 5.69 Å². The Morgan fingerprint density at radius 1 is 1.32 bits per heavy atom. The highest BCUT2D eigenvalue weighted by atomic mass is 79.9. The SMILES string of the molecule is CN(C(=O)CC(=O)Nc1ccc(Br)cc1)C1CCS(=O)(=O)C1. The van der Waals surface area contributed by atoms with Crippen LogP contribution in [0.15, 0.2) is 28.7 Å². The predicted molar refractivity (Wildman–Crippen MR) is 87.2 cm³/mol. The van der Waals surface area contributed by atoms with Crippen LogP contribution in [0.3, 0.4) is 0 Å². The molecule has 0 aliphatic carbocycles. The van der Waals surface area contributed by atoms with Crippen molar-refractivity contribution in [2.45, 2.75) is 18.9 Å². The molecule has 6 nitrogen and oxygen atoms in total. The van der Waals surface area contributed by atoms with Gasteiger partial charge in [-0.25, -0.2) is 8.42 Å². The van der Waals surface area contributed by atoms with Crippen LogP contribution < -0.4 is 5.32 Å². The second-order valence-corrected chi connectivity index (χ2v) is 8.44. The smallest absolute Gasteiger partial charge is 0.233 e. The number of anilines is 1. The molecule has 1 saturated heterocycles. The van der Waals surface area contributed by atoms with E-state index in [9.17, 15) is 18.0 Å². The van der Waals surface area contributed by atoms with Crippen LogP contribution >= 0.6 is 15.9 Å². The van der Waals surface area contributed by atoms with E-state index < -0.39 is 15.7 Å². The summed E-state index contributed by atoms with van der Waals surface area (Å²) in [6, 6.07) is 6.68. The molecule has 2 amide bonds. The number of carbonyl (C=O) groups is 2. The van der Waals surface area contributed by atoms with Crippen molar-refractivity contribution in [2.75, 3.05) is 23.9 Å². The summed E-state index contributed by atoms with van der Waals surface area (Å²) in [6.07, 6.45) is 0.127. The van der Waals surface area contributed by atoms with E-state index in [-0.39, 0.29) is 29.9 Å². The van der Waals surface area contributed by atoms with Gasteiger partial charge in [0.15, 0.2) is 9.84 Å². The van der Waals surface area contributed by atoms with Crippen LogP contribution in [0.5, 0.6) is 0 Å². The van der Waals surface area contributed by atoms with Gasteiger partial charge in [0.25, 0.3) is 0 Å². The third kappa shape index (κ3) is 4.54. The molecule has 1 unspecified atom stereocenters.